The van der Waals surface area contributed by atoms with E-state index in [2.05, 4.69) is 6.07 Å². The minimum atomic E-state index is -3.90. The molecule has 0 spiro atoms. The molecule has 0 aliphatic heterocycles. The average Bonchev–Trinajstić information content (AvgIpc) is 3.39. The van der Waals surface area contributed by atoms with Crippen LogP contribution in [-0.2, 0) is 9.84 Å². The normalized spacial score (nSPS) is 11.7. The molecule has 4 aromatic carbocycles. The van der Waals surface area contributed by atoms with Crippen LogP contribution in [0.25, 0.3) is 34.3 Å². The second-order valence-electron chi connectivity index (χ2n) is 8.09. The maximum atomic E-state index is 12.9. The monoisotopic (exact) mass is 487 g/mol. The molecule has 6 heteroatoms. The van der Waals surface area contributed by atoms with E-state index in [9.17, 15) is 13.7 Å². The van der Waals surface area contributed by atoms with Crippen molar-refractivity contribution in [2.75, 3.05) is 0 Å². The van der Waals surface area contributed by atoms with Crippen LogP contribution in [-0.4, -0.2) is 18.2 Å². The van der Waals surface area contributed by atoms with Crippen LogP contribution in [0.5, 0.6) is 0 Å². The van der Waals surface area contributed by atoms with Gasteiger partial charge in [-0.15, -0.1) is 0 Å². The highest BCUT2D eigenvalue weighted by Crippen LogP contribution is 2.29. The summed E-state index contributed by atoms with van der Waals surface area (Å²) in [4.78, 5) is -0.219. The Hall–Kier alpha value is -4.73. The molecule has 5 nitrogen and oxygen atoms in total. The summed E-state index contributed by atoms with van der Waals surface area (Å²) < 4.78 is 27.7. The van der Waals surface area contributed by atoms with E-state index in [1.807, 2.05) is 83.5 Å². The van der Waals surface area contributed by atoms with E-state index in [0.717, 1.165) is 28.2 Å². The highest BCUT2D eigenvalue weighted by atomic mass is 32.2. The molecule has 5 rings (SSSR count). The molecule has 0 N–H and O–H groups in total. The molecule has 0 unspecified atom stereocenters. The van der Waals surface area contributed by atoms with E-state index in [0.29, 0.717) is 5.56 Å². The molecule has 0 saturated heterocycles. The summed E-state index contributed by atoms with van der Waals surface area (Å²) >= 11 is 0. The summed E-state index contributed by atoms with van der Waals surface area (Å²) in [5.41, 5.74) is 5.24. The third-order valence-electron chi connectivity index (χ3n) is 5.74. The van der Waals surface area contributed by atoms with Gasteiger partial charge < -0.3 is 0 Å². The van der Waals surface area contributed by atoms with Crippen molar-refractivity contribution in [3.63, 3.8) is 0 Å². The Morgan fingerprint density at radius 3 is 1.89 bits per heavy atom. The molecule has 0 aliphatic carbocycles. The van der Waals surface area contributed by atoms with Crippen molar-refractivity contribution in [3.8, 4) is 34.3 Å². The minimum Gasteiger partial charge on any atom is -0.232 e. The summed E-state index contributed by atoms with van der Waals surface area (Å²) in [7, 11) is -3.90. The Morgan fingerprint density at radius 1 is 0.750 bits per heavy atom. The fraction of sp³-hybridized carbons (Fsp3) is 0. The molecule has 0 aliphatic rings. The number of nitrogens with zero attached hydrogens (tertiary/aromatic N) is 3. The molecule has 0 amide bonds. The Balaban J connectivity index is 1.54. The molecule has 5 aromatic rings. The molecule has 0 bridgehead atoms. The Morgan fingerprint density at radius 2 is 1.31 bits per heavy atom. The van der Waals surface area contributed by atoms with Gasteiger partial charge in [0, 0.05) is 11.1 Å². The topological polar surface area (TPSA) is 75.8 Å². The zero-order chi connectivity index (χ0) is 25.0. The summed E-state index contributed by atoms with van der Waals surface area (Å²) in [6.07, 6.45) is 1.39. The van der Waals surface area contributed by atoms with Crippen LogP contribution in [0.15, 0.2) is 131 Å². The van der Waals surface area contributed by atoms with Crippen molar-refractivity contribution in [1.29, 1.82) is 5.26 Å². The lowest BCUT2D eigenvalue weighted by atomic mass is 10.1. The smallest absolute Gasteiger partial charge is 0.216 e. The van der Waals surface area contributed by atoms with E-state index in [1.165, 1.54) is 18.2 Å². The number of benzene rings is 4. The number of hydrogen-bond donors (Lipinski definition) is 0. The Labute approximate surface area is 210 Å². The second-order valence-corrected chi connectivity index (χ2v) is 10.0. The predicted molar refractivity (Wildman–Crippen MR) is 142 cm³/mol. The van der Waals surface area contributed by atoms with Gasteiger partial charge in [-0.05, 0) is 42.0 Å². The second kappa shape index (κ2) is 9.87. The van der Waals surface area contributed by atoms with Gasteiger partial charge in [0.15, 0.2) is 0 Å². The molecule has 1 aromatic heterocycles. The summed E-state index contributed by atoms with van der Waals surface area (Å²) in [5.74, 6) is 0. The van der Waals surface area contributed by atoms with Crippen molar-refractivity contribution >= 4 is 15.9 Å². The van der Waals surface area contributed by atoms with Crippen LogP contribution in [0, 0.1) is 11.3 Å². The van der Waals surface area contributed by atoms with E-state index < -0.39 is 9.84 Å². The quantitative estimate of drug-likeness (QED) is 0.255. The SMILES string of the molecule is N#CC(=Cc1ccc(-n2nc(-c3ccccc3)cc2-c2ccccc2)cc1)S(=O)(=O)c1ccccc1. The Kier molecular flexibility index (Phi) is 6.31. The van der Waals surface area contributed by atoms with E-state index in [4.69, 9.17) is 5.10 Å². The fourth-order valence-electron chi connectivity index (χ4n) is 3.90. The number of allylic oxidation sites excluding steroid dienone is 1. The molecule has 1 heterocycles. The average molecular weight is 488 g/mol. The van der Waals surface area contributed by atoms with Crippen molar-refractivity contribution < 1.29 is 8.42 Å². The van der Waals surface area contributed by atoms with Crippen LogP contribution in [0.4, 0.5) is 0 Å². The van der Waals surface area contributed by atoms with Gasteiger partial charge in [-0.1, -0.05) is 91.0 Å². The Bertz CT molecular complexity index is 1670. The van der Waals surface area contributed by atoms with Gasteiger partial charge in [-0.3, -0.25) is 0 Å². The van der Waals surface area contributed by atoms with Gasteiger partial charge >= 0.3 is 0 Å². The summed E-state index contributed by atoms with van der Waals surface area (Å²) in [6, 6.07) is 39.1. The summed E-state index contributed by atoms with van der Waals surface area (Å²) in [5, 5.41) is 14.4. The van der Waals surface area contributed by atoms with Gasteiger partial charge in [0.2, 0.25) is 9.84 Å². The van der Waals surface area contributed by atoms with Crippen LogP contribution in [0.2, 0.25) is 0 Å². The van der Waals surface area contributed by atoms with Gasteiger partial charge in [0.25, 0.3) is 0 Å². The standard InChI is InChI=1S/C30H21N3O2S/c31-22-28(36(34,35)27-14-8-3-9-15-27)20-23-16-18-26(19-17-23)33-30(25-12-6-2-7-13-25)21-29(32-33)24-10-4-1-5-11-24/h1-21H. The first-order valence-corrected chi connectivity index (χ1v) is 12.8. The van der Waals surface area contributed by atoms with Crippen molar-refractivity contribution in [1.82, 2.24) is 9.78 Å². The minimum absolute atomic E-state index is 0.0897. The first-order chi connectivity index (χ1) is 17.6. The maximum Gasteiger partial charge on any atom is 0.216 e. The van der Waals surface area contributed by atoms with Crippen LogP contribution >= 0.6 is 0 Å². The van der Waals surface area contributed by atoms with Gasteiger partial charge in [-0.25, -0.2) is 13.1 Å². The lowest BCUT2D eigenvalue weighted by Crippen LogP contribution is -2.03. The zero-order valence-electron chi connectivity index (χ0n) is 19.2. The largest absolute Gasteiger partial charge is 0.232 e. The van der Waals surface area contributed by atoms with Crippen LogP contribution in [0.1, 0.15) is 5.56 Å². The van der Waals surface area contributed by atoms with Crippen molar-refractivity contribution in [2.24, 2.45) is 0 Å². The number of sulfone groups is 1. The highest BCUT2D eigenvalue weighted by Gasteiger charge is 2.20. The highest BCUT2D eigenvalue weighted by molar-refractivity contribution is 7.95. The first kappa shape index (κ1) is 23.0. The fourth-order valence-corrected chi connectivity index (χ4v) is 5.08. The number of rotatable bonds is 6. The third kappa shape index (κ3) is 4.61. The summed E-state index contributed by atoms with van der Waals surface area (Å²) in [6.45, 7) is 0. The van der Waals surface area contributed by atoms with Crippen LogP contribution in [0.3, 0.4) is 0 Å². The van der Waals surface area contributed by atoms with E-state index in [-0.39, 0.29) is 9.80 Å². The van der Waals surface area contributed by atoms with Gasteiger partial charge in [0.05, 0.1) is 22.0 Å². The molecular formula is C30H21N3O2S. The third-order valence-corrected chi connectivity index (χ3v) is 7.42. The van der Waals surface area contributed by atoms with Gasteiger partial charge in [-0.2, -0.15) is 10.4 Å². The lowest BCUT2D eigenvalue weighted by Gasteiger charge is -2.08. The molecule has 0 fully saturated rings. The van der Waals surface area contributed by atoms with Crippen LogP contribution < -0.4 is 0 Å². The molecule has 0 atom stereocenters. The first-order valence-electron chi connectivity index (χ1n) is 11.3. The maximum absolute atomic E-state index is 12.9. The zero-order valence-corrected chi connectivity index (χ0v) is 20.0. The predicted octanol–water partition coefficient (Wildman–Crippen LogP) is 6.54. The van der Waals surface area contributed by atoms with E-state index in [1.54, 1.807) is 30.3 Å². The van der Waals surface area contributed by atoms with E-state index >= 15 is 0 Å². The van der Waals surface area contributed by atoms with Gasteiger partial charge in [0.1, 0.15) is 11.0 Å². The molecule has 174 valence electrons. The lowest BCUT2D eigenvalue weighted by molar-refractivity contribution is 0.603. The van der Waals surface area contributed by atoms with Crippen molar-refractivity contribution in [3.05, 3.63) is 132 Å². The molecule has 36 heavy (non-hydrogen) atoms. The number of aromatic nitrogens is 2. The number of nitriles is 1. The molecule has 0 saturated carbocycles. The molecule has 0 radical (unpaired) electrons. The van der Waals surface area contributed by atoms with Crippen molar-refractivity contribution in [2.45, 2.75) is 4.90 Å². The molecular weight excluding hydrogens is 466 g/mol. The number of hydrogen-bond acceptors (Lipinski definition) is 4.